The molecule has 0 radical (unpaired) electrons. The molecule has 0 N–H and O–H groups in total. The lowest BCUT2D eigenvalue weighted by Gasteiger charge is -2.31. The van der Waals surface area contributed by atoms with E-state index in [-0.39, 0.29) is 12.0 Å². The van der Waals surface area contributed by atoms with E-state index >= 15 is 0 Å². The van der Waals surface area contributed by atoms with Gasteiger partial charge in [-0.05, 0) is 56.2 Å². The van der Waals surface area contributed by atoms with Crippen molar-refractivity contribution in [3.05, 3.63) is 29.8 Å². The van der Waals surface area contributed by atoms with Gasteiger partial charge in [-0.15, -0.1) is 0 Å². The number of carbonyl (C=O) groups is 1. The zero-order valence-electron chi connectivity index (χ0n) is 11.3. The molecule has 0 aliphatic heterocycles. The monoisotopic (exact) mass is 246 g/mol. The van der Waals surface area contributed by atoms with Crippen molar-refractivity contribution in [1.82, 2.24) is 0 Å². The van der Waals surface area contributed by atoms with Crippen molar-refractivity contribution in [2.24, 2.45) is 11.8 Å². The molecule has 1 saturated carbocycles. The number of carbonyl (C=O) groups excluding carboxylic acids is 1. The molecule has 1 aliphatic carbocycles. The van der Waals surface area contributed by atoms with Crippen molar-refractivity contribution in [2.75, 3.05) is 0 Å². The van der Waals surface area contributed by atoms with Crippen LogP contribution in [-0.4, -0.2) is 12.4 Å². The van der Waals surface area contributed by atoms with Crippen LogP contribution in [0.5, 0.6) is 5.75 Å². The Morgan fingerprint density at radius 2 is 2.22 bits per heavy atom. The number of aldehydes is 1. The minimum Gasteiger partial charge on any atom is -0.490 e. The smallest absolute Gasteiger partial charge is 0.123 e. The van der Waals surface area contributed by atoms with E-state index in [1.807, 2.05) is 19.1 Å². The summed E-state index contributed by atoms with van der Waals surface area (Å²) < 4.78 is 6.05. The summed E-state index contributed by atoms with van der Waals surface area (Å²) >= 11 is 0. The molecule has 0 amide bonds. The number of benzene rings is 1. The molecule has 1 aromatic carbocycles. The van der Waals surface area contributed by atoms with Crippen LogP contribution >= 0.6 is 0 Å². The molecule has 98 valence electrons. The summed E-state index contributed by atoms with van der Waals surface area (Å²) in [5.41, 5.74) is 1.22. The first-order chi connectivity index (χ1) is 8.69. The minimum absolute atomic E-state index is 0.161. The number of rotatable bonds is 4. The van der Waals surface area contributed by atoms with Gasteiger partial charge in [0.15, 0.2) is 0 Å². The van der Waals surface area contributed by atoms with Crippen LogP contribution in [0.2, 0.25) is 0 Å². The first-order valence-electron chi connectivity index (χ1n) is 6.87. The third kappa shape index (κ3) is 3.34. The molecule has 18 heavy (non-hydrogen) atoms. The van der Waals surface area contributed by atoms with E-state index in [1.165, 1.54) is 12.0 Å². The van der Waals surface area contributed by atoms with Gasteiger partial charge in [0.25, 0.3) is 0 Å². The Morgan fingerprint density at radius 1 is 1.39 bits per heavy atom. The van der Waals surface area contributed by atoms with Crippen LogP contribution in [0.1, 0.15) is 38.2 Å². The van der Waals surface area contributed by atoms with Gasteiger partial charge in [-0.3, -0.25) is 0 Å². The lowest BCUT2D eigenvalue weighted by Crippen LogP contribution is -2.29. The molecule has 0 bridgehead atoms. The van der Waals surface area contributed by atoms with Gasteiger partial charge in [-0.25, -0.2) is 0 Å². The Hall–Kier alpha value is -1.31. The van der Waals surface area contributed by atoms with Gasteiger partial charge in [0, 0.05) is 5.92 Å². The third-order valence-electron chi connectivity index (χ3n) is 3.92. The normalized spacial score (nSPS) is 25.4. The standard InChI is InChI=1S/C16H22O2/c1-12-5-3-7-15(9-12)18-16-8-4-6-14(10-16)13(2)11-17/h3,5,7,9,11,13-14,16H,4,6,8,10H2,1-2H3/t13?,14-,16+/m0/s1. The van der Waals surface area contributed by atoms with Crippen LogP contribution in [0, 0.1) is 18.8 Å². The summed E-state index contributed by atoms with van der Waals surface area (Å²) in [7, 11) is 0. The van der Waals surface area contributed by atoms with Crippen LogP contribution in [0.3, 0.4) is 0 Å². The number of hydrogen-bond donors (Lipinski definition) is 0. The lowest BCUT2D eigenvalue weighted by molar-refractivity contribution is -0.112. The zero-order valence-corrected chi connectivity index (χ0v) is 11.3. The molecule has 2 rings (SSSR count). The van der Waals surface area contributed by atoms with E-state index < -0.39 is 0 Å². The predicted molar refractivity (Wildman–Crippen MR) is 72.8 cm³/mol. The highest BCUT2D eigenvalue weighted by Crippen LogP contribution is 2.31. The van der Waals surface area contributed by atoms with Gasteiger partial charge in [-0.1, -0.05) is 19.1 Å². The van der Waals surface area contributed by atoms with E-state index in [2.05, 4.69) is 19.1 Å². The molecular weight excluding hydrogens is 224 g/mol. The van der Waals surface area contributed by atoms with Crippen molar-refractivity contribution in [2.45, 2.75) is 45.6 Å². The van der Waals surface area contributed by atoms with Crippen LogP contribution in [-0.2, 0) is 4.79 Å². The van der Waals surface area contributed by atoms with Crippen molar-refractivity contribution in [3.8, 4) is 5.75 Å². The summed E-state index contributed by atoms with van der Waals surface area (Å²) in [5.74, 6) is 1.61. The molecule has 0 spiro atoms. The van der Waals surface area contributed by atoms with Gasteiger partial charge >= 0.3 is 0 Å². The van der Waals surface area contributed by atoms with Crippen molar-refractivity contribution < 1.29 is 9.53 Å². The Bertz CT molecular complexity index is 400. The molecular formula is C16H22O2. The molecule has 0 heterocycles. The highest BCUT2D eigenvalue weighted by atomic mass is 16.5. The largest absolute Gasteiger partial charge is 0.490 e. The Morgan fingerprint density at radius 3 is 2.94 bits per heavy atom. The summed E-state index contributed by atoms with van der Waals surface area (Å²) in [5, 5.41) is 0. The van der Waals surface area contributed by atoms with Crippen molar-refractivity contribution in [1.29, 1.82) is 0 Å². The van der Waals surface area contributed by atoms with Crippen LogP contribution in [0.4, 0.5) is 0 Å². The van der Waals surface area contributed by atoms with E-state index in [4.69, 9.17) is 4.74 Å². The topological polar surface area (TPSA) is 26.3 Å². The Labute approximate surface area is 109 Å². The molecule has 1 aromatic rings. The Balaban J connectivity index is 1.95. The molecule has 1 aliphatic rings. The molecule has 1 unspecified atom stereocenters. The average molecular weight is 246 g/mol. The third-order valence-corrected chi connectivity index (χ3v) is 3.92. The van der Waals surface area contributed by atoms with Crippen LogP contribution in [0.15, 0.2) is 24.3 Å². The van der Waals surface area contributed by atoms with Gasteiger partial charge in [0.2, 0.25) is 0 Å². The molecule has 0 aromatic heterocycles. The van der Waals surface area contributed by atoms with E-state index in [9.17, 15) is 4.79 Å². The van der Waals surface area contributed by atoms with E-state index in [0.29, 0.717) is 5.92 Å². The highest BCUT2D eigenvalue weighted by Gasteiger charge is 2.26. The van der Waals surface area contributed by atoms with Crippen LogP contribution in [0.25, 0.3) is 0 Å². The SMILES string of the molecule is Cc1cccc(O[C@@H]2CCC[C@H](C(C)C=O)C2)c1. The van der Waals surface area contributed by atoms with Gasteiger partial charge in [0.05, 0.1) is 6.10 Å². The second-order valence-corrected chi connectivity index (χ2v) is 5.48. The second-order valence-electron chi connectivity index (χ2n) is 5.48. The number of aryl methyl sites for hydroxylation is 1. The van der Waals surface area contributed by atoms with Crippen molar-refractivity contribution >= 4 is 6.29 Å². The minimum atomic E-state index is 0.161. The fourth-order valence-corrected chi connectivity index (χ4v) is 2.76. The second kappa shape index (κ2) is 6.03. The van der Waals surface area contributed by atoms with Crippen molar-refractivity contribution in [3.63, 3.8) is 0 Å². The predicted octanol–water partition coefficient (Wildman–Crippen LogP) is 3.77. The zero-order chi connectivity index (χ0) is 13.0. The maximum atomic E-state index is 10.9. The molecule has 3 atom stereocenters. The molecule has 0 saturated heterocycles. The number of ether oxygens (including phenoxy) is 1. The van der Waals surface area contributed by atoms with E-state index in [1.54, 1.807) is 0 Å². The van der Waals surface area contributed by atoms with Gasteiger partial charge in [0.1, 0.15) is 12.0 Å². The molecule has 2 heteroatoms. The first kappa shape index (κ1) is 13.1. The van der Waals surface area contributed by atoms with Gasteiger partial charge in [-0.2, -0.15) is 0 Å². The lowest BCUT2D eigenvalue weighted by atomic mass is 9.80. The fraction of sp³-hybridized carbons (Fsp3) is 0.562. The maximum Gasteiger partial charge on any atom is 0.123 e. The summed E-state index contributed by atoms with van der Waals surface area (Å²) in [6.45, 7) is 4.09. The maximum absolute atomic E-state index is 10.9. The Kier molecular flexibility index (Phi) is 4.40. The average Bonchev–Trinajstić information content (AvgIpc) is 2.38. The molecule has 2 nitrogen and oxygen atoms in total. The van der Waals surface area contributed by atoms with Crippen LogP contribution < -0.4 is 4.74 Å². The molecule has 1 fully saturated rings. The highest BCUT2D eigenvalue weighted by molar-refractivity contribution is 5.53. The summed E-state index contributed by atoms with van der Waals surface area (Å²) in [6, 6.07) is 8.19. The summed E-state index contributed by atoms with van der Waals surface area (Å²) in [4.78, 5) is 10.9. The van der Waals surface area contributed by atoms with Gasteiger partial charge < -0.3 is 9.53 Å². The van der Waals surface area contributed by atoms with E-state index in [0.717, 1.165) is 31.3 Å². The summed E-state index contributed by atoms with van der Waals surface area (Å²) in [6.07, 6.45) is 5.80. The number of hydrogen-bond acceptors (Lipinski definition) is 2. The fourth-order valence-electron chi connectivity index (χ4n) is 2.76. The first-order valence-corrected chi connectivity index (χ1v) is 6.87. The quantitative estimate of drug-likeness (QED) is 0.756.